The summed E-state index contributed by atoms with van der Waals surface area (Å²) < 4.78 is 36.0. The molecule has 2 N–H and O–H groups in total. The third-order valence-electron chi connectivity index (χ3n) is 2.14. The van der Waals surface area contributed by atoms with E-state index in [0.29, 0.717) is 0 Å². The van der Waals surface area contributed by atoms with Crippen molar-refractivity contribution in [3.8, 4) is 0 Å². The normalized spacial score (nSPS) is 13.4. The summed E-state index contributed by atoms with van der Waals surface area (Å²) in [7, 11) is 0. The molecule has 1 aromatic heterocycles. The molecule has 0 aliphatic carbocycles. The van der Waals surface area contributed by atoms with Crippen LogP contribution in [0.5, 0.6) is 0 Å². The molecule has 0 aromatic carbocycles. The Hall–Kier alpha value is -2.13. The Labute approximate surface area is 105 Å². The monoisotopic (exact) mass is 280 g/mol. The Bertz CT molecular complexity index is 483. The highest BCUT2D eigenvalue weighted by molar-refractivity contribution is 5.93. The van der Waals surface area contributed by atoms with Gasteiger partial charge in [-0.05, 0) is 5.92 Å². The lowest BCUT2D eigenvalue weighted by atomic mass is 10.1. The number of nitrogens with one attached hydrogen (secondary N) is 1. The number of anilines is 1. The summed E-state index contributed by atoms with van der Waals surface area (Å²) in [6.45, 7) is 3.19. The third-order valence-corrected chi connectivity index (χ3v) is 2.14. The van der Waals surface area contributed by atoms with Gasteiger partial charge in [0, 0.05) is 0 Å². The summed E-state index contributed by atoms with van der Waals surface area (Å²) >= 11 is 0. The van der Waals surface area contributed by atoms with Gasteiger partial charge in [0.15, 0.2) is 11.9 Å². The van der Waals surface area contributed by atoms with Crippen molar-refractivity contribution < 1.29 is 27.9 Å². The molecule has 7 nitrogen and oxygen atoms in total. The van der Waals surface area contributed by atoms with E-state index in [9.17, 15) is 22.8 Å². The van der Waals surface area contributed by atoms with Gasteiger partial charge < -0.3 is 5.11 Å². The molecule has 0 aliphatic rings. The first kappa shape index (κ1) is 14.9. The van der Waals surface area contributed by atoms with Gasteiger partial charge >= 0.3 is 18.1 Å². The fourth-order valence-corrected chi connectivity index (χ4v) is 1.30. The van der Waals surface area contributed by atoms with Crippen LogP contribution in [0, 0.1) is 5.92 Å². The Morgan fingerprint density at radius 3 is 2.42 bits per heavy atom. The highest BCUT2D eigenvalue weighted by Gasteiger charge is 2.39. The van der Waals surface area contributed by atoms with Crippen LogP contribution >= 0.6 is 0 Å². The average Bonchev–Trinajstić information content (AvgIpc) is 2.63. The van der Waals surface area contributed by atoms with E-state index >= 15 is 0 Å². The van der Waals surface area contributed by atoms with Gasteiger partial charge in [-0.2, -0.15) is 23.1 Å². The zero-order valence-electron chi connectivity index (χ0n) is 9.97. The zero-order valence-corrected chi connectivity index (χ0v) is 9.97. The maximum absolute atomic E-state index is 12.0. The van der Waals surface area contributed by atoms with Gasteiger partial charge in [0.2, 0.25) is 0 Å². The zero-order chi connectivity index (χ0) is 14.8. The number of carboxylic acids is 1. The average molecular weight is 280 g/mol. The number of hydrogen-bond donors (Lipinski definition) is 2. The van der Waals surface area contributed by atoms with Gasteiger partial charge in [-0.1, -0.05) is 13.8 Å². The summed E-state index contributed by atoms with van der Waals surface area (Å²) in [5.41, 5.74) is 0. The molecule has 19 heavy (non-hydrogen) atoms. The van der Waals surface area contributed by atoms with E-state index in [1.54, 1.807) is 13.8 Å². The maximum atomic E-state index is 12.0. The number of hydrogen-bond acceptors (Lipinski definition) is 4. The standard InChI is InChI=1S/C9H11F3N4O3/c1-4(2)6(7(17)18)16-13-3-5(15-16)14-8(19)9(10,11)12/h3-4,6H,1-2H3,(H,17,18)(H,14,15,19). The summed E-state index contributed by atoms with van der Waals surface area (Å²) in [5.74, 6) is -4.26. The van der Waals surface area contributed by atoms with Crippen LogP contribution in [0.1, 0.15) is 19.9 Å². The number of alkyl halides is 3. The fourth-order valence-electron chi connectivity index (χ4n) is 1.30. The minimum Gasteiger partial charge on any atom is -0.480 e. The van der Waals surface area contributed by atoms with Gasteiger partial charge in [0.05, 0.1) is 6.20 Å². The molecule has 0 bridgehead atoms. The molecule has 0 radical (unpaired) electrons. The number of aromatic nitrogens is 3. The van der Waals surface area contributed by atoms with Crippen LogP contribution in [0.4, 0.5) is 19.0 Å². The molecule has 0 spiro atoms. The molecule has 106 valence electrons. The van der Waals surface area contributed by atoms with E-state index in [-0.39, 0.29) is 5.92 Å². The second kappa shape index (κ2) is 5.24. The summed E-state index contributed by atoms with van der Waals surface area (Å²) in [6, 6.07) is -1.13. The van der Waals surface area contributed by atoms with Crippen LogP contribution in [0.15, 0.2) is 6.20 Å². The van der Waals surface area contributed by atoms with Crippen LogP contribution in [-0.2, 0) is 9.59 Å². The topological polar surface area (TPSA) is 97.1 Å². The third kappa shape index (κ3) is 3.66. The molecule has 10 heteroatoms. The van der Waals surface area contributed by atoms with E-state index < -0.39 is 29.9 Å². The predicted octanol–water partition coefficient (Wildman–Crippen LogP) is 1.06. The van der Waals surface area contributed by atoms with E-state index in [2.05, 4.69) is 10.2 Å². The van der Waals surface area contributed by atoms with Gasteiger partial charge in [0.1, 0.15) is 0 Å². The van der Waals surface area contributed by atoms with Gasteiger partial charge in [-0.25, -0.2) is 4.79 Å². The van der Waals surface area contributed by atoms with Crippen molar-refractivity contribution in [3.63, 3.8) is 0 Å². The van der Waals surface area contributed by atoms with E-state index in [1.165, 1.54) is 5.32 Å². The van der Waals surface area contributed by atoms with Crippen LogP contribution in [0.2, 0.25) is 0 Å². The smallest absolute Gasteiger partial charge is 0.471 e. The minimum absolute atomic E-state index is 0.379. The lowest BCUT2D eigenvalue weighted by molar-refractivity contribution is -0.167. The number of carboxylic acid groups (broad SMARTS) is 1. The molecule has 0 saturated heterocycles. The first-order valence-corrected chi connectivity index (χ1v) is 5.15. The highest BCUT2D eigenvalue weighted by Crippen LogP contribution is 2.19. The number of rotatable bonds is 4. The molecular weight excluding hydrogens is 269 g/mol. The molecule has 0 aliphatic heterocycles. The Balaban J connectivity index is 2.88. The molecule has 1 unspecified atom stereocenters. The first-order chi connectivity index (χ1) is 8.62. The number of aliphatic carboxylic acids is 1. The van der Waals surface area contributed by atoms with E-state index in [1.807, 2.05) is 0 Å². The molecule has 1 heterocycles. The molecular formula is C9H11F3N4O3. The number of carbonyl (C=O) groups is 2. The van der Waals surface area contributed by atoms with Crippen molar-refractivity contribution in [1.82, 2.24) is 15.0 Å². The van der Waals surface area contributed by atoms with Gasteiger partial charge in [-0.3, -0.25) is 10.1 Å². The van der Waals surface area contributed by atoms with Crippen LogP contribution < -0.4 is 5.32 Å². The molecule has 1 atom stereocenters. The molecule has 0 fully saturated rings. The quantitative estimate of drug-likeness (QED) is 0.859. The van der Waals surface area contributed by atoms with Gasteiger partial charge in [-0.15, -0.1) is 5.10 Å². The molecule has 1 rings (SSSR count). The molecule has 1 aromatic rings. The largest absolute Gasteiger partial charge is 0.480 e. The van der Waals surface area contributed by atoms with E-state index in [4.69, 9.17) is 5.11 Å². The SMILES string of the molecule is CC(C)C(C(=O)O)n1ncc(NC(=O)C(F)(F)F)n1. The Kier molecular flexibility index (Phi) is 4.12. The Morgan fingerprint density at radius 2 is 2.00 bits per heavy atom. The minimum atomic E-state index is -5.05. The van der Waals surface area contributed by atoms with Crippen molar-refractivity contribution in [2.24, 2.45) is 5.92 Å². The summed E-state index contributed by atoms with van der Waals surface area (Å²) in [6.07, 6.45) is -4.20. The van der Waals surface area contributed by atoms with Gasteiger partial charge in [0.25, 0.3) is 0 Å². The van der Waals surface area contributed by atoms with Crippen molar-refractivity contribution in [1.29, 1.82) is 0 Å². The van der Waals surface area contributed by atoms with Crippen molar-refractivity contribution >= 4 is 17.7 Å². The lowest BCUT2D eigenvalue weighted by Gasteiger charge is -2.14. The Morgan fingerprint density at radius 1 is 1.42 bits per heavy atom. The number of carbonyl (C=O) groups excluding carboxylic acids is 1. The van der Waals surface area contributed by atoms with Crippen LogP contribution in [0.3, 0.4) is 0 Å². The van der Waals surface area contributed by atoms with Crippen LogP contribution in [-0.4, -0.2) is 38.2 Å². The van der Waals surface area contributed by atoms with Crippen LogP contribution in [0.25, 0.3) is 0 Å². The maximum Gasteiger partial charge on any atom is 0.471 e. The highest BCUT2D eigenvalue weighted by atomic mass is 19.4. The second-order valence-corrected chi connectivity index (χ2v) is 4.03. The lowest BCUT2D eigenvalue weighted by Crippen LogP contribution is -2.30. The van der Waals surface area contributed by atoms with Crippen molar-refractivity contribution in [2.75, 3.05) is 5.32 Å². The molecule has 1 amide bonds. The molecule has 0 saturated carbocycles. The number of nitrogens with zero attached hydrogens (tertiary/aromatic N) is 3. The summed E-state index contributed by atoms with van der Waals surface area (Å²) in [4.78, 5) is 22.4. The first-order valence-electron chi connectivity index (χ1n) is 5.15. The summed E-state index contributed by atoms with van der Waals surface area (Å²) in [5, 5.41) is 17.5. The van der Waals surface area contributed by atoms with Crippen molar-refractivity contribution in [3.05, 3.63) is 6.20 Å². The van der Waals surface area contributed by atoms with Crippen molar-refractivity contribution in [2.45, 2.75) is 26.1 Å². The second-order valence-electron chi connectivity index (χ2n) is 4.03. The number of amides is 1. The predicted molar refractivity (Wildman–Crippen MR) is 56.2 cm³/mol. The van der Waals surface area contributed by atoms with E-state index in [0.717, 1.165) is 11.0 Å². The fraction of sp³-hybridized carbons (Fsp3) is 0.556. The number of halogens is 3.